The van der Waals surface area contributed by atoms with Crippen LogP contribution >= 0.6 is 0 Å². The lowest BCUT2D eigenvalue weighted by Gasteiger charge is -1.88. The van der Waals surface area contributed by atoms with Crippen LogP contribution in [0.1, 0.15) is 5.56 Å². The minimum Gasteiger partial charge on any atom is -0.411 e. The second-order valence-corrected chi connectivity index (χ2v) is 1.92. The molecule has 0 atom stereocenters. The topological polar surface area (TPSA) is 52.8 Å². The standard InChI is InChI=1S/C7H6FNO.CH3FO/c8-7-3-1-6(2-4-7)5-9-10;2-1-3/h1-5,10H;3H,1H2/b9-5+;. The number of rotatable bonds is 1. The molecule has 0 aliphatic carbocycles. The van der Waals surface area contributed by atoms with Gasteiger partial charge in [-0.2, -0.15) is 0 Å². The van der Waals surface area contributed by atoms with Gasteiger partial charge in [0.1, 0.15) is 5.82 Å². The number of hydrogen-bond donors (Lipinski definition) is 2. The molecule has 72 valence electrons. The minimum atomic E-state index is -1.25. The van der Waals surface area contributed by atoms with Crippen LogP contribution in [0.4, 0.5) is 8.78 Å². The molecular formula is C8H9F2NO2. The van der Waals surface area contributed by atoms with E-state index >= 15 is 0 Å². The molecular weight excluding hydrogens is 180 g/mol. The van der Waals surface area contributed by atoms with E-state index in [2.05, 4.69) is 5.16 Å². The molecule has 0 fully saturated rings. The van der Waals surface area contributed by atoms with Crippen molar-refractivity contribution in [2.45, 2.75) is 0 Å². The van der Waals surface area contributed by atoms with Crippen LogP contribution in [-0.2, 0) is 0 Å². The van der Waals surface area contributed by atoms with Crippen molar-refractivity contribution in [1.82, 2.24) is 0 Å². The third-order valence-electron chi connectivity index (χ3n) is 1.08. The SMILES string of the molecule is O/N=C/c1ccc(F)cc1.OCF. The molecule has 3 nitrogen and oxygen atoms in total. The number of alkyl halides is 1. The summed E-state index contributed by atoms with van der Waals surface area (Å²) < 4.78 is 22.1. The van der Waals surface area contributed by atoms with Gasteiger partial charge in [-0.1, -0.05) is 17.3 Å². The van der Waals surface area contributed by atoms with Gasteiger partial charge >= 0.3 is 0 Å². The summed E-state index contributed by atoms with van der Waals surface area (Å²) in [6.45, 7) is -1.25. The number of hydrogen-bond acceptors (Lipinski definition) is 3. The molecule has 0 aliphatic rings. The fourth-order valence-corrected chi connectivity index (χ4v) is 0.616. The Morgan fingerprint density at radius 3 is 2.15 bits per heavy atom. The summed E-state index contributed by atoms with van der Waals surface area (Å²) in [5.41, 5.74) is 0.670. The van der Waals surface area contributed by atoms with Gasteiger partial charge in [-0.15, -0.1) is 0 Å². The van der Waals surface area contributed by atoms with Crippen LogP contribution < -0.4 is 0 Å². The molecule has 1 rings (SSSR count). The second-order valence-electron chi connectivity index (χ2n) is 1.92. The van der Waals surface area contributed by atoms with Gasteiger partial charge < -0.3 is 10.3 Å². The van der Waals surface area contributed by atoms with Gasteiger partial charge in [-0.05, 0) is 17.7 Å². The number of aliphatic hydroxyl groups excluding tert-OH is 1. The van der Waals surface area contributed by atoms with Gasteiger partial charge in [0.2, 0.25) is 0 Å². The van der Waals surface area contributed by atoms with E-state index in [9.17, 15) is 8.78 Å². The van der Waals surface area contributed by atoms with E-state index < -0.39 is 6.86 Å². The van der Waals surface area contributed by atoms with Crippen molar-refractivity contribution in [3.63, 3.8) is 0 Å². The fourth-order valence-electron chi connectivity index (χ4n) is 0.616. The molecule has 5 heteroatoms. The summed E-state index contributed by atoms with van der Waals surface area (Å²) in [5, 5.41) is 17.8. The number of halogens is 2. The molecule has 0 amide bonds. The van der Waals surface area contributed by atoms with Gasteiger partial charge in [-0.3, -0.25) is 0 Å². The van der Waals surface area contributed by atoms with Crippen molar-refractivity contribution < 1.29 is 19.1 Å². The maximum atomic E-state index is 12.2. The molecule has 0 radical (unpaired) electrons. The quantitative estimate of drug-likeness (QED) is 0.400. The summed E-state index contributed by atoms with van der Waals surface area (Å²) >= 11 is 0. The molecule has 0 saturated heterocycles. The van der Waals surface area contributed by atoms with Crippen LogP contribution in [-0.4, -0.2) is 23.4 Å². The molecule has 0 bridgehead atoms. The maximum Gasteiger partial charge on any atom is 0.185 e. The summed E-state index contributed by atoms with van der Waals surface area (Å²) in [7, 11) is 0. The number of benzene rings is 1. The summed E-state index contributed by atoms with van der Waals surface area (Å²) in [6.07, 6.45) is 1.24. The van der Waals surface area contributed by atoms with Crippen LogP contribution in [0, 0.1) is 5.82 Å². The van der Waals surface area contributed by atoms with Crippen molar-refractivity contribution in [3.05, 3.63) is 35.6 Å². The maximum absolute atomic E-state index is 12.2. The van der Waals surface area contributed by atoms with Gasteiger partial charge in [0.15, 0.2) is 6.86 Å². The van der Waals surface area contributed by atoms with E-state index in [1.54, 1.807) is 0 Å². The Labute approximate surface area is 73.9 Å². The summed E-state index contributed by atoms with van der Waals surface area (Å²) in [4.78, 5) is 0. The molecule has 0 aliphatic heterocycles. The highest BCUT2D eigenvalue weighted by atomic mass is 19.1. The third kappa shape index (κ3) is 5.75. The average molecular weight is 189 g/mol. The van der Waals surface area contributed by atoms with E-state index in [4.69, 9.17) is 10.3 Å². The largest absolute Gasteiger partial charge is 0.411 e. The fraction of sp³-hybridized carbons (Fsp3) is 0.125. The smallest absolute Gasteiger partial charge is 0.185 e. The normalized spacial score (nSPS) is 9.46. The van der Waals surface area contributed by atoms with Crippen molar-refractivity contribution in [3.8, 4) is 0 Å². The van der Waals surface area contributed by atoms with Gasteiger partial charge in [-0.25, -0.2) is 8.78 Å². The molecule has 0 aromatic heterocycles. The lowest BCUT2D eigenvalue weighted by atomic mass is 10.2. The highest BCUT2D eigenvalue weighted by molar-refractivity contribution is 5.78. The Morgan fingerprint density at radius 1 is 1.31 bits per heavy atom. The predicted molar refractivity (Wildman–Crippen MR) is 44.0 cm³/mol. The number of oxime groups is 1. The summed E-state index contributed by atoms with van der Waals surface area (Å²) in [5.74, 6) is -0.296. The van der Waals surface area contributed by atoms with Crippen LogP contribution in [0.2, 0.25) is 0 Å². The zero-order valence-electron chi connectivity index (χ0n) is 6.69. The molecule has 1 aromatic carbocycles. The number of nitrogens with zero attached hydrogens (tertiary/aromatic N) is 1. The van der Waals surface area contributed by atoms with Crippen LogP contribution in [0.25, 0.3) is 0 Å². The van der Waals surface area contributed by atoms with Crippen LogP contribution in [0.3, 0.4) is 0 Å². The lowest BCUT2D eigenvalue weighted by molar-refractivity contribution is 0.168. The molecule has 0 saturated carbocycles. The third-order valence-corrected chi connectivity index (χ3v) is 1.08. The van der Waals surface area contributed by atoms with Crippen molar-refractivity contribution in [2.75, 3.05) is 6.86 Å². The van der Waals surface area contributed by atoms with Gasteiger partial charge in [0, 0.05) is 0 Å². The van der Waals surface area contributed by atoms with E-state index in [0.717, 1.165) is 0 Å². The molecule has 2 N–H and O–H groups in total. The summed E-state index contributed by atoms with van der Waals surface area (Å²) in [6, 6.07) is 5.65. The first-order valence-electron chi connectivity index (χ1n) is 3.34. The Balaban J connectivity index is 0.000000424. The Hall–Kier alpha value is -1.49. The zero-order chi connectivity index (χ0) is 10.1. The minimum absolute atomic E-state index is 0.296. The van der Waals surface area contributed by atoms with E-state index in [1.807, 2.05) is 0 Å². The molecule has 13 heavy (non-hydrogen) atoms. The highest BCUT2D eigenvalue weighted by Crippen LogP contribution is 1.99. The number of aliphatic hydroxyl groups is 1. The zero-order valence-corrected chi connectivity index (χ0v) is 6.69. The lowest BCUT2D eigenvalue weighted by Crippen LogP contribution is -1.80. The molecule has 0 heterocycles. The first-order chi connectivity index (χ1) is 6.24. The Bertz CT molecular complexity index is 249. The van der Waals surface area contributed by atoms with E-state index in [1.165, 1.54) is 30.5 Å². The second kappa shape index (κ2) is 7.17. The Kier molecular flexibility index (Phi) is 6.35. The first-order valence-corrected chi connectivity index (χ1v) is 3.34. The van der Waals surface area contributed by atoms with E-state index in [-0.39, 0.29) is 5.82 Å². The molecule has 1 aromatic rings. The predicted octanol–water partition coefficient (Wildman–Crippen LogP) is 1.54. The van der Waals surface area contributed by atoms with Gasteiger partial charge in [0.05, 0.1) is 6.21 Å². The first kappa shape index (κ1) is 11.5. The van der Waals surface area contributed by atoms with Crippen molar-refractivity contribution in [1.29, 1.82) is 0 Å². The average Bonchev–Trinajstić information content (AvgIpc) is 2.11. The van der Waals surface area contributed by atoms with Crippen molar-refractivity contribution >= 4 is 6.21 Å². The Morgan fingerprint density at radius 2 is 1.77 bits per heavy atom. The van der Waals surface area contributed by atoms with Gasteiger partial charge in [0.25, 0.3) is 0 Å². The van der Waals surface area contributed by atoms with Crippen molar-refractivity contribution in [2.24, 2.45) is 5.16 Å². The molecule has 0 spiro atoms. The van der Waals surface area contributed by atoms with Crippen LogP contribution in [0.5, 0.6) is 0 Å². The van der Waals surface area contributed by atoms with Crippen LogP contribution in [0.15, 0.2) is 29.4 Å². The van der Waals surface area contributed by atoms with E-state index in [0.29, 0.717) is 5.56 Å². The molecule has 0 unspecified atom stereocenters. The monoisotopic (exact) mass is 189 g/mol. The highest BCUT2D eigenvalue weighted by Gasteiger charge is 1.87.